The molecule has 0 bridgehead atoms. The molecule has 2 rings (SSSR count). The summed E-state index contributed by atoms with van der Waals surface area (Å²) in [4.78, 5) is 0. The minimum atomic E-state index is -0.355. The van der Waals surface area contributed by atoms with E-state index in [9.17, 15) is 8.78 Å². The second-order valence-electron chi connectivity index (χ2n) is 3.92. The van der Waals surface area contributed by atoms with Crippen LogP contribution in [0.15, 0.2) is 30.3 Å². The van der Waals surface area contributed by atoms with Crippen LogP contribution in [0.25, 0.3) is 0 Å². The summed E-state index contributed by atoms with van der Waals surface area (Å²) in [5.74, 6) is -0.662. The molecule has 0 amide bonds. The number of anilines is 3. The highest BCUT2D eigenvalue weighted by molar-refractivity contribution is 14.1. The summed E-state index contributed by atoms with van der Waals surface area (Å²) >= 11 is 1.91. The van der Waals surface area contributed by atoms with Crippen LogP contribution in [0.2, 0.25) is 0 Å². The van der Waals surface area contributed by atoms with E-state index < -0.39 is 0 Å². The van der Waals surface area contributed by atoms with E-state index in [4.69, 9.17) is 5.73 Å². The lowest BCUT2D eigenvalue weighted by Crippen LogP contribution is -2.00. The molecular formula is C13H11F2IN2. The van der Waals surface area contributed by atoms with Gasteiger partial charge in [0.2, 0.25) is 0 Å². The summed E-state index contributed by atoms with van der Waals surface area (Å²) in [6.45, 7) is 1.65. The van der Waals surface area contributed by atoms with Crippen molar-refractivity contribution in [3.63, 3.8) is 0 Å². The van der Waals surface area contributed by atoms with E-state index in [0.29, 0.717) is 20.5 Å². The number of hydrogen-bond acceptors (Lipinski definition) is 2. The lowest BCUT2D eigenvalue weighted by atomic mass is 10.1. The van der Waals surface area contributed by atoms with Crippen LogP contribution >= 0.6 is 22.6 Å². The molecule has 0 aliphatic rings. The van der Waals surface area contributed by atoms with Crippen molar-refractivity contribution in [2.75, 3.05) is 11.1 Å². The van der Waals surface area contributed by atoms with Gasteiger partial charge in [0.15, 0.2) is 0 Å². The fourth-order valence-electron chi connectivity index (χ4n) is 1.55. The summed E-state index contributed by atoms with van der Waals surface area (Å²) in [6.07, 6.45) is 0. The minimum absolute atomic E-state index is 0.290. The second kappa shape index (κ2) is 5.09. The Morgan fingerprint density at radius 1 is 1.11 bits per heavy atom. The first-order valence-electron chi connectivity index (χ1n) is 5.25. The molecule has 2 nitrogen and oxygen atoms in total. The van der Waals surface area contributed by atoms with E-state index in [2.05, 4.69) is 5.32 Å². The van der Waals surface area contributed by atoms with E-state index in [-0.39, 0.29) is 17.3 Å². The van der Waals surface area contributed by atoms with E-state index in [1.54, 1.807) is 25.1 Å². The summed E-state index contributed by atoms with van der Waals surface area (Å²) in [7, 11) is 0. The molecule has 18 heavy (non-hydrogen) atoms. The predicted octanol–water partition coefficient (Wildman–Crippen LogP) is 4.20. The van der Waals surface area contributed by atoms with Crippen molar-refractivity contribution in [3.05, 3.63) is 51.1 Å². The Labute approximate surface area is 117 Å². The minimum Gasteiger partial charge on any atom is -0.397 e. The average molecular weight is 360 g/mol. The topological polar surface area (TPSA) is 38.0 Å². The zero-order valence-corrected chi connectivity index (χ0v) is 11.8. The molecule has 2 aromatic carbocycles. The predicted molar refractivity (Wildman–Crippen MR) is 77.9 cm³/mol. The molecule has 0 unspecified atom stereocenters. The number of nitrogens with two attached hydrogens (primary N) is 1. The highest BCUT2D eigenvalue weighted by atomic mass is 127. The highest BCUT2D eigenvalue weighted by Crippen LogP contribution is 2.29. The summed E-state index contributed by atoms with van der Waals surface area (Å²) in [6, 6.07) is 7.58. The van der Waals surface area contributed by atoms with Crippen LogP contribution in [0.4, 0.5) is 25.8 Å². The van der Waals surface area contributed by atoms with Gasteiger partial charge in [-0.2, -0.15) is 0 Å². The molecule has 0 heterocycles. The van der Waals surface area contributed by atoms with Crippen LogP contribution in [0.5, 0.6) is 0 Å². The van der Waals surface area contributed by atoms with Gasteiger partial charge in [-0.15, -0.1) is 0 Å². The number of benzene rings is 2. The van der Waals surface area contributed by atoms with E-state index >= 15 is 0 Å². The molecule has 0 spiro atoms. The van der Waals surface area contributed by atoms with Gasteiger partial charge in [-0.1, -0.05) is 6.07 Å². The van der Waals surface area contributed by atoms with Crippen molar-refractivity contribution in [2.45, 2.75) is 6.92 Å². The number of rotatable bonds is 2. The number of nitrogen functional groups attached to an aromatic ring is 1. The molecule has 94 valence electrons. The van der Waals surface area contributed by atoms with Gasteiger partial charge >= 0.3 is 0 Å². The zero-order chi connectivity index (χ0) is 13.3. The first-order chi connectivity index (χ1) is 8.49. The molecule has 0 atom stereocenters. The molecule has 0 aliphatic carbocycles. The Hall–Kier alpha value is -1.37. The van der Waals surface area contributed by atoms with Gasteiger partial charge in [-0.05, 0) is 59.3 Å². The fraction of sp³-hybridized carbons (Fsp3) is 0.0769. The van der Waals surface area contributed by atoms with Gasteiger partial charge in [0.25, 0.3) is 0 Å². The standard InChI is InChI=1S/C13H11F2IN2/c1-7-5-12(10(17)6-9(7)15)18-11-4-2-3-8(14)13(11)16/h2-6,18H,17H2,1H3. The first-order valence-corrected chi connectivity index (χ1v) is 6.33. The third-order valence-electron chi connectivity index (χ3n) is 2.55. The molecule has 5 heteroatoms. The Kier molecular flexibility index (Phi) is 3.70. The number of halogens is 3. The third-order valence-corrected chi connectivity index (χ3v) is 3.65. The van der Waals surface area contributed by atoms with Gasteiger partial charge in [0, 0.05) is 0 Å². The quantitative estimate of drug-likeness (QED) is 0.622. The van der Waals surface area contributed by atoms with Gasteiger partial charge < -0.3 is 11.1 Å². The largest absolute Gasteiger partial charge is 0.397 e. The molecule has 0 saturated heterocycles. The lowest BCUT2D eigenvalue weighted by molar-refractivity contribution is 0.619. The van der Waals surface area contributed by atoms with Crippen LogP contribution in [0.3, 0.4) is 0 Å². The maximum Gasteiger partial charge on any atom is 0.138 e. The van der Waals surface area contributed by atoms with Crippen molar-refractivity contribution < 1.29 is 8.78 Å². The number of hydrogen-bond donors (Lipinski definition) is 2. The van der Waals surface area contributed by atoms with Gasteiger partial charge in [-0.25, -0.2) is 8.78 Å². The number of aryl methyl sites for hydroxylation is 1. The van der Waals surface area contributed by atoms with Crippen molar-refractivity contribution >= 4 is 39.7 Å². The Bertz CT molecular complexity index is 600. The third kappa shape index (κ3) is 2.55. The van der Waals surface area contributed by atoms with Crippen LogP contribution in [-0.4, -0.2) is 0 Å². The maximum absolute atomic E-state index is 13.4. The van der Waals surface area contributed by atoms with Crippen molar-refractivity contribution in [3.8, 4) is 0 Å². The molecule has 0 radical (unpaired) electrons. The smallest absolute Gasteiger partial charge is 0.138 e. The lowest BCUT2D eigenvalue weighted by Gasteiger charge is -2.12. The van der Waals surface area contributed by atoms with Crippen molar-refractivity contribution in [1.82, 2.24) is 0 Å². The molecule has 0 aromatic heterocycles. The molecule has 2 aromatic rings. The Morgan fingerprint density at radius 3 is 2.56 bits per heavy atom. The first kappa shape index (κ1) is 13.1. The van der Waals surface area contributed by atoms with E-state index in [1.165, 1.54) is 12.1 Å². The average Bonchev–Trinajstić information content (AvgIpc) is 2.32. The zero-order valence-electron chi connectivity index (χ0n) is 9.60. The summed E-state index contributed by atoms with van der Waals surface area (Å²) < 4.78 is 27.1. The number of nitrogens with one attached hydrogen (secondary N) is 1. The van der Waals surface area contributed by atoms with Crippen molar-refractivity contribution in [2.24, 2.45) is 0 Å². The van der Waals surface area contributed by atoms with Crippen molar-refractivity contribution in [1.29, 1.82) is 0 Å². The van der Waals surface area contributed by atoms with Crippen LogP contribution in [-0.2, 0) is 0 Å². The maximum atomic E-state index is 13.4. The normalized spacial score (nSPS) is 10.4. The van der Waals surface area contributed by atoms with Gasteiger partial charge in [0.1, 0.15) is 11.6 Å². The Morgan fingerprint density at radius 2 is 1.83 bits per heavy atom. The van der Waals surface area contributed by atoms with Crippen LogP contribution in [0.1, 0.15) is 5.56 Å². The Balaban J connectivity index is 2.40. The SMILES string of the molecule is Cc1cc(Nc2cccc(F)c2I)c(N)cc1F. The second-order valence-corrected chi connectivity index (χ2v) is 4.99. The highest BCUT2D eigenvalue weighted by Gasteiger charge is 2.09. The van der Waals surface area contributed by atoms with Gasteiger partial charge in [-0.3, -0.25) is 0 Å². The summed E-state index contributed by atoms with van der Waals surface area (Å²) in [5.41, 5.74) is 7.67. The van der Waals surface area contributed by atoms with Crippen LogP contribution < -0.4 is 11.1 Å². The molecule has 0 aliphatic heterocycles. The fourth-order valence-corrected chi connectivity index (χ4v) is 2.04. The molecule has 3 N–H and O–H groups in total. The van der Waals surface area contributed by atoms with Gasteiger partial charge in [0.05, 0.1) is 20.6 Å². The molecule has 0 fully saturated rings. The molecular weight excluding hydrogens is 349 g/mol. The van der Waals surface area contributed by atoms with E-state index in [1.807, 2.05) is 22.6 Å². The summed E-state index contributed by atoms with van der Waals surface area (Å²) in [5, 5.41) is 3.01. The van der Waals surface area contributed by atoms with Crippen LogP contribution in [0, 0.1) is 22.1 Å². The monoisotopic (exact) mass is 360 g/mol. The molecule has 0 saturated carbocycles. The van der Waals surface area contributed by atoms with E-state index in [0.717, 1.165) is 0 Å².